The van der Waals surface area contributed by atoms with Crippen LogP contribution in [-0.2, 0) is 21.3 Å². The van der Waals surface area contributed by atoms with Gasteiger partial charge in [-0.25, -0.2) is 0 Å². The Morgan fingerprint density at radius 2 is 2.21 bits per heavy atom. The number of carbonyl (C=O) groups excluding carboxylic acids is 1. The fourth-order valence-electron chi connectivity index (χ4n) is 4.09. The summed E-state index contributed by atoms with van der Waals surface area (Å²) in [5, 5.41) is 4.46. The summed E-state index contributed by atoms with van der Waals surface area (Å²) in [6.07, 6.45) is 1.87. The molecule has 1 amide bonds. The van der Waals surface area contributed by atoms with E-state index in [0.717, 1.165) is 36.4 Å². The molecule has 2 fully saturated rings. The maximum Gasteiger partial charge on any atom is 0.230 e. The molecule has 2 aliphatic heterocycles. The van der Waals surface area contributed by atoms with Gasteiger partial charge in [0.2, 0.25) is 5.91 Å². The van der Waals surface area contributed by atoms with Gasteiger partial charge in [-0.3, -0.25) is 9.48 Å². The number of rotatable bonds is 3. The number of aromatic nitrogens is 2. The van der Waals surface area contributed by atoms with Crippen molar-refractivity contribution in [3.8, 4) is 0 Å². The Morgan fingerprint density at radius 1 is 1.46 bits per heavy atom. The summed E-state index contributed by atoms with van der Waals surface area (Å²) in [7, 11) is 1.93. The van der Waals surface area contributed by atoms with Crippen LogP contribution in [0.1, 0.15) is 49.6 Å². The number of hydrogen-bond donors (Lipinski definition) is 0. The monoisotopic (exact) mass is 335 g/mol. The molecular formula is C18H29N3O3. The van der Waals surface area contributed by atoms with Crippen LogP contribution in [0.15, 0.2) is 0 Å². The molecule has 1 aromatic rings. The molecule has 0 radical (unpaired) electrons. The van der Waals surface area contributed by atoms with E-state index in [9.17, 15) is 4.79 Å². The average Bonchev–Trinajstić information content (AvgIpc) is 3.10. The third-order valence-corrected chi connectivity index (χ3v) is 5.52. The first-order valence-electron chi connectivity index (χ1n) is 8.91. The van der Waals surface area contributed by atoms with E-state index in [0.29, 0.717) is 19.7 Å². The molecule has 0 aliphatic carbocycles. The lowest BCUT2D eigenvalue weighted by Crippen LogP contribution is -2.58. The zero-order valence-corrected chi connectivity index (χ0v) is 15.5. The van der Waals surface area contributed by atoms with Gasteiger partial charge in [-0.15, -0.1) is 0 Å². The molecule has 3 unspecified atom stereocenters. The van der Waals surface area contributed by atoms with E-state index in [2.05, 4.69) is 12.0 Å². The SMILES string of the molecule is CCC1CN(C(=O)C(C)c2c(C)nn(C)c2C)CC2(CCOC2)O1. The Labute approximate surface area is 144 Å². The molecule has 0 aromatic carbocycles. The van der Waals surface area contributed by atoms with Gasteiger partial charge in [0, 0.05) is 37.9 Å². The predicted octanol–water partition coefficient (Wildman–Crippen LogP) is 1.94. The first kappa shape index (κ1) is 17.4. The van der Waals surface area contributed by atoms with Crippen molar-refractivity contribution in [1.29, 1.82) is 0 Å². The lowest BCUT2D eigenvalue weighted by atomic mass is 9.94. The van der Waals surface area contributed by atoms with Crippen molar-refractivity contribution in [1.82, 2.24) is 14.7 Å². The van der Waals surface area contributed by atoms with Crippen LogP contribution in [0.25, 0.3) is 0 Å². The van der Waals surface area contributed by atoms with E-state index in [1.165, 1.54) is 0 Å². The van der Waals surface area contributed by atoms with E-state index in [1.807, 2.05) is 37.4 Å². The minimum atomic E-state index is -0.312. The van der Waals surface area contributed by atoms with Crippen LogP contribution in [0.2, 0.25) is 0 Å². The van der Waals surface area contributed by atoms with Crippen LogP contribution >= 0.6 is 0 Å². The van der Waals surface area contributed by atoms with Crippen molar-refractivity contribution in [2.24, 2.45) is 7.05 Å². The van der Waals surface area contributed by atoms with E-state index in [-0.39, 0.29) is 23.5 Å². The maximum absolute atomic E-state index is 13.2. The van der Waals surface area contributed by atoms with Crippen molar-refractivity contribution < 1.29 is 14.3 Å². The standard InChI is InChI=1S/C18H29N3O3/c1-6-15-9-21(10-18(24-15)7-8-23-11-18)17(22)12(2)16-13(3)19-20(5)14(16)4/h12,15H,6-11H2,1-5H3. The number of aryl methyl sites for hydroxylation is 2. The molecule has 2 aliphatic rings. The summed E-state index contributed by atoms with van der Waals surface area (Å²) >= 11 is 0. The Bertz CT molecular complexity index is 619. The van der Waals surface area contributed by atoms with Crippen LogP contribution in [0.5, 0.6) is 0 Å². The molecule has 0 N–H and O–H groups in total. The number of nitrogens with zero attached hydrogens (tertiary/aromatic N) is 3. The van der Waals surface area contributed by atoms with Crippen molar-refractivity contribution in [3.05, 3.63) is 17.0 Å². The van der Waals surface area contributed by atoms with Gasteiger partial charge in [0.15, 0.2) is 0 Å². The molecule has 1 spiro atoms. The highest BCUT2D eigenvalue weighted by molar-refractivity contribution is 5.84. The number of carbonyl (C=O) groups is 1. The van der Waals surface area contributed by atoms with Crippen molar-refractivity contribution in [3.63, 3.8) is 0 Å². The Kier molecular flexibility index (Phi) is 4.71. The van der Waals surface area contributed by atoms with Crippen LogP contribution in [0.3, 0.4) is 0 Å². The Balaban J connectivity index is 1.82. The summed E-state index contributed by atoms with van der Waals surface area (Å²) in [5.74, 6) is -0.0177. The van der Waals surface area contributed by atoms with Gasteiger partial charge in [0.05, 0.1) is 30.9 Å². The lowest BCUT2D eigenvalue weighted by molar-refractivity contribution is -0.171. The Morgan fingerprint density at radius 3 is 2.75 bits per heavy atom. The van der Waals surface area contributed by atoms with Crippen LogP contribution in [0, 0.1) is 13.8 Å². The fourth-order valence-corrected chi connectivity index (χ4v) is 4.09. The largest absolute Gasteiger partial charge is 0.378 e. The molecule has 1 aromatic heterocycles. The second kappa shape index (κ2) is 6.48. The third kappa shape index (κ3) is 2.97. The molecule has 6 heteroatoms. The summed E-state index contributed by atoms with van der Waals surface area (Å²) in [6, 6.07) is 0. The van der Waals surface area contributed by atoms with Crippen LogP contribution < -0.4 is 0 Å². The summed E-state index contributed by atoms with van der Waals surface area (Å²) < 4.78 is 13.7. The predicted molar refractivity (Wildman–Crippen MR) is 91.0 cm³/mol. The Hall–Kier alpha value is -1.40. The smallest absolute Gasteiger partial charge is 0.230 e. The van der Waals surface area contributed by atoms with Gasteiger partial charge >= 0.3 is 0 Å². The normalized spacial score (nSPS) is 28.5. The minimum Gasteiger partial charge on any atom is -0.378 e. The first-order chi connectivity index (χ1) is 11.4. The maximum atomic E-state index is 13.2. The van der Waals surface area contributed by atoms with E-state index >= 15 is 0 Å². The molecule has 6 nitrogen and oxygen atoms in total. The van der Waals surface area contributed by atoms with E-state index in [1.54, 1.807) is 0 Å². The second-order valence-electron chi connectivity index (χ2n) is 7.28. The van der Waals surface area contributed by atoms with Gasteiger partial charge in [-0.1, -0.05) is 6.92 Å². The molecule has 0 bridgehead atoms. The highest BCUT2D eigenvalue weighted by Gasteiger charge is 2.45. The van der Waals surface area contributed by atoms with E-state index in [4.69, 9.17) is 9.47 Å². The molecule has 134 valence electrons. The fraction of sp³-hybridized carbons (Fsp3) is 0.778. The zero-order chi connectivity index (χ0) is 17.5. The van der Waals surface area contributed by atoms with Crippen molar-refractivity contribution in [2.45, 2.75) is 58.2 Å². The second-order valence-corrected chi connectivity index (χ2v) is 7.28. The van der Waals surface area contributed by atoms with Gasteiger partial charge in [-0.2, -0.15) is 5.10 Å². The quantitative estimate of drug-likeness (QED) is 0.847. The van der Waals surface area contributed by atoms with Gasteiger partial charge < -0.3 is 14.4 Å². The topological polar surface area (TPSA) is 56.6 Å². The number of amides is 1. The first-order valence-corrected chi connectivity index (χ1v) is 8.91. The highest BCUT2D eigenvalue weighted by Crippen LogP contribution is 2.33. The van der Waals surface area contributed by atoms with Crippen LogP contribution in [-0.4, -0.2) is 58.6 Å². The molecule has 0 saturated carbocycles. The molecule has 3 rings (SSSR count). The lowest BCUT2D eigenvalue weighted by Gasteiger charge is -2.44. The summed E-state index contributed by atoms with van der Waals surface area (Å²) in [5.41, 5.74) is 2.74. The minimum absolute atomic E-state index is 0.0905. The molecule has 24 heavy (non-hydrogen) atoms. The van der Waals surface area contributed by atoms with Gasteiger partial charge in [0.1, 0.15) is 5.60 Å². The number of ether oxygens (including phenoxy) is 2. The average molecular weight is 335 g/mol. The number of hydrogen-bond acceptors (Lipinski definition) is 4. The third-order valence-electron chi connectivity index (χ3n) is 5.52. The van der Waals surface area contributed by atoms with Crippen LogP contribution in [0.4, 0.5) is 0 Å². The van der Waals surface area contributed by atoms with Crippen molar-refractivity contribution >= 4 is 5.91 Å². The molecular weight excluding hydrogens is 306 g/mol. The zero-order valence-electron chi connectivity index (χ0n) is 15.5. The molecule has 3 atom stereocenters. The molecule has 3 heterocycles. The number of morpholine rings is 1. The molecule has 2 saturated heterocycles. The van der Waals surface area contributed by atoms with Gasteiger partial charge in [-0.05, 0) is 27.2 Å². The van der Waals surface area contributed by atoms with Crippen molar-refractivity contribution in [2.75, 3.05) is 26.3 Å². The highest BCUT2D eigenvalue weighted by atomic mass is 16.6. The van der Waals surface area contributed by atoms with E-state index < -0.39 is 0 Å². The summed E-state index contributed by atoms with van der Waals surface area (Å²) in [4.78, 5) is 15.2. The van der Waals surface area contributed by atoms with Gasteiger partial charge in [0.25, 0.3) is 0 Å². The summed E-state index contributed by atoms with van der Waals surface area (Å²) in [6.45, 7) is 10.7.